The monoisotopic (exact) mass is 426 g/mol. The Balaban J connectivity index is 1.60. The number of hydrogen-bond donors (Lipinski definition) is 3. The molecule has 0 bridgehead atoms. The van der Waals surface area contributed by atoms with Gasteiger partial charge in [0.05, 0.1) is 13.2 Å². The summed E-state index contributed by atoms with van der Waals surface area (Å²) >= 11 is 1.62. The number of hydrogen-bond acceptors (Lipinski definition) is 5. The smallest absolute Gasteiger partial charge is 0.191 e. The number of aliphatic hydroxyl groups excluding tert-OH is 1. The van der Waals surface area contributed by atoms with Crippen molar-refractivity contribution in [1.82, 2.24) is 15.5 Å². The Hall–Kier alpha value is -2.61. The van der Waals surface area contributed by atoms with Gasteiger partial charge in [0.2, 0.25) is 0 Å². The topological polar surface area (TPSA) is 69.1 Å². The first-order valence-corrected chi connectivity index (χ1v) is 10.8. The number of benzene rings is 2. The maximum atomic E-state index is 10.6. The molecule has 160 valence electrons. The van der Waals surface area contributed by atoms with Crippen LogP contribution >= 0.6 is 11.3 Å². The largest absolute Gasteiger partial charge is 0.496 e. The first kappa shape index (κ1) is 22.1. The van der Waals surface area contributed by atoms with Crippen LogP contribution in [0.4, 0.5) is 0 Å². The summed E-state index contributed by atoms with van der Waals surface area (Å²) in [6.45, 7) is 1.03. The van der Waals surface area contributed by atoms with Gasteiger partial charge in [0.15, 0.2) is 5.96 Å². The summed E-state index contributed by atoms with van der Waals surface area (Å²) in [6.07, 6.45) is -0.597. The third-order valence-corrected chi connectivity index (χ3v) is 6.26. The highest BCUT2D eigenvalue weighted by molar-refractivity contribution is 7.19. The molecule has 1 heterocycles. The number of rotatable bonds is 8. The Morgan fingerprint density at radius 1 is 1.10 bits per heavy atom. The number of fused-ring (bicyclic) bond motifs is 1. The van der Waals surface area contributed by atoms with Crippen molar-refractivity contribution in [2.45, 2.75) is 12.1 Å². The van der Waals surface area contributed by atoms with Crippen LogP contribution < -0.4 is 15.4 Å². The fourth-order valence-electron chi connectivity index (χ4n) is 3.39. The molecule has 0 spiro atoms. The van der Waals surface area contributed by atoms with Crippen LogP contribution in [0.25, 0.3) is 10.1 Å². The Morgan fingerprint density at radius 2 is 1.80 bits per heavy atom. The van der Waals surface area contributed by atoms with Gasteiger partial charge in [-0.25, -0.2) is 0 Å². The van der Waals surface area contributed by atoms with E-state index < -0.39 is 6.10 Å². The van der Waals surface area contributed by atoms with E-state index in [1.165, 1.54) is 4.70 Å². The first-order chi connectivity index (χ1) is 14.5. The van der Waals surface area contributed by atoms with Crippen LogP contribution in [0, 0.1) is 0 Å². The van der Waals surface area contributed by atoms with Crippen molar-refractivity contribution in [3.8, 4) is 5.75 Å². The number of ether oxygens (including phenoxy) is 1. The van der Waals surface area contributed by atoms with E-state index in [-0.39, 0.29) is 6.04 Å². The third kappa shape index (κ3) is 5.30. The van der Waals surface area contributed by atoms with Gasteiger partial charge in [0.1, 0.15) is 11.9 Å². The molecule has 3 N–H and O–H groups in total. The second-order valence-corrected chi connectivity index (χ2v) is 8.37. The van der Waals surface area contributed by atoms with Gasteiger partial charge in [-0.2, -0.15) is 0 Å². The summed E-state index contributed by atoms with van der Waals surface area (Å²) in [6, 6.07) is 18.4. The van der Waals surface area contributed by atoms with Crippen molar-refractivity contribution < 1.29 is 9.84 Å². The average molecular weight is 427 g/mol. The lowest BCUT2D eigenvalue weighted by molar-refractivity contribution is 0.184. The van der Waals surface area contributed by atoms with Crippen LogP contribution in [-0.4, -0.2) is 57.3 Å². The van der Waals surface area contributed by atoms with Crippen molar-refractivity contribution in [1.29, 1.82) is 0 Å². The van der Waals surface area contributed by atoms with Crippen LogP contribution in [0.5, 0.6) is 5.75 Å². The fraction of sp³-hybridized carbons (Fsp3) is 0.348. The third-order valence-electron chi connectivity index (χ3n) is 5.04. The zero-order valence-electron chi connectivity index (χ0n) is 17.9. The van der Waals surface area contributed by atoms with E-state index in [0.29, 0.717) is 19.0 Å². The number of guanidine groups is 1. The minimum Gasteiger partial charge on any atom is -0.496 e. The predicted molar refractivity (Wildman–Crippen MR) is 126 cm³/mol. The fourth-order valence-corrected chi connectivity index (χ4v) is 4.44. The van der Waals surface area contributed by atoms with E-state index in [2.05, 4.69) is 38.7 Å². The van der Waals surface area contributed by atoms with Gasteiger partial charge in [0.25, 0.3) is 0 Å². The van der Waals surface area contributed by atoms with E-state index in [4.69, 9.17) is 4.74 Å². The van der Waals surface area contributed by atoms with Crippen molar-refractivity contribution in [3.63, 3.8) is 0 Å². The normalized spacial score (nSPS) is 14.0. The molecule has 30 heavy (non-hydrogen) atoms. The number of aliphatic imine (C=N–C) groups is 1. The Labute approximate surface area is 182 Å². The standard InChI is InChI=1S/C23H30N4O2S/c1-24-23(25-14-18(27(2)3)17-10-6-7-11-20(17)29-4)26-15-19(28)22-13-16-9-5-8-12-21(16)30-22/h5-13,18-19,28H,14-15H2,1-4H3,(H2,24,25,26). The number of aliphatic hydroxyl groups is 1. The Bertz CT molecular complexity index is 953. The molecule has 0 aliphatic rings. The minimum atomic E-state index is -0.597. The lowest BCUT2D eigenvalue weighted by Crippen LogP contribution is -2.43. The highest BCUT2D eigenvalue weighted by Crippen LogP contribution is 2.29. The molecule has 6 nitrogen and oxygen atoms in total. The number of methoxy groups -OCH3 is 1. The van der Waals surface area contributed by atoms with E-state index in [9.17, 15) is 5.11 Å². The molecule has 3 rings (SSSR count). The predicted octanol–water partition coefficient (Wildman–Crippen LogP) is 3.41. The van der Waals surface area contributed by atoms with E-state index in [1.54, 1.807) is 25.5 Å². The number of likely N-dealkylation sites (N-methyl/N-ethyl adjacent to an activating group) is 1. The minimum absolute atomic E-state index is 0.104. The zero-order valence-corrected chi connectivity index (χ0v) is 18.7. The lowest BCUT2D eigenvalue weighted by Gasteiger charge is -2.27. The van der Waals surface area contributed by atoms with Crippen molar-refractivity contribution in [2.24, 2.45) is 4.99 Å². The van der Waals surface area contributed by atoms with Gasteiger partial charge in [-0.1, -0.05) is 36.4 Å². The molecular weight excluding hydrogens is 396 g/mol. The number of para-hydroxylation sites is 1. The molecule has 0 radical (unpaired) electrons. The van der Waals surface area contributed by atoms with Crippen LogP contribution in [0.15, 0.2) is 59.6 Å². The summed E-state index contributed by atoms with van der Waals surface area (Å²) in [5.74, 6) is 1.51. The molecule has 2 atom stereocenters. The van der Waals surface area contributed by atoms with Gasteiger partial charge in [0, 0.05) is 35.3 Å². The van der Waals surface area contributed by atoms with E-state index in [0.717, 1.165) is 21.6 Å². The maximum absolute atomic E-state index is 10.6. The average Bonchev–Trinajstić information content (AvgIpc) is 3.20. The summed E-state index contributed by atoms with van der Waals surface area (Å²) < 4.78 is 6.71. The summed E-state index contributed by atoms with van der Waals surface area (Å²) in [5, 5.41) is 18.4. The van der Waals surface area contributed by atoms with E-state index in [1.807, 2.05) is 50.5 Å². The lowest BCUT2D eigenvalue weighted by atomic mass is 10.0. The molecule has 3 aromatic rings. The summed E-state index contributed by atoms with van der Waals surface area (Å²) in [5.41, 5.74) is 1.11. The highest BCUT2D eigenvalue weighted by atomic mass is 32.1. The van der Waals surface area contributed by atoms with Gasteiger partial charge < -0.3 is 25.4 Å². The van der Waals surface area contributed by atoms with Gasteiger partial charge in [-0.3, -0.25) is 4.99 Å². The van der Waals surface area contributed by atoms with Crippen LogP contribution in [-0.2, 0) is 0 Å². The molecule has 0 saturated carbocycles. The van der Waals surface area contributed by atoms with Crippen molar-refractivity contribution >= 4 is 27.4 Å². The van der Waals surface area contributed by atoms with Gasteiger partial charge in [-0.15, -0.1) is 11.3 Å². The van der Waals surface area contributed by atoms with Crippen LogP contribution in [0.3, 0.4) is 0 Å². The van der Waals surface area contributed by atoms with Crippen LogP contribution in [0.2, 0.25) is 0 Å². The zero-order chi connectivity index (χ0) is 21.5. The molecule has 0 aliphatic carbocycles. The molecule has 0 amide bonds. The molecule has 0 saturated heterocycles. The summed E-state index contributed by atoms with van der Waals surface area (Å²) in [4.78, 5) is 7.39. The highest BCUT2D eigenvalue weighted by Gasteiger charge is 2.19. The molecule has 0 fully saturated rings. The maximum Gasteiger partial charge on any atom is 0.191 e. The second kappa shape index (κ2) is 10.4. The van der Waals surface area contributed by atoms with Gasteiger partial charge >= 0.3 is 0 Å². The first-order valence-electron chi connectivity index (χ1n) is 9.94. The van der Waals surface area contributed by atoms with Crippen molar-refractivity contribution in [3.05, 3.63) is 65.0 Å². The van der Waals surface area contributed by atoms with E-state index >= 15 is 0 Å². The number of nitrogens with one attached hydrogen (secondary N) is 2. The SMILES string of the molecule is CN=C(NCC(O)c1cc2ccccc2s1)NCC(c1ccccc1OC)N(C)C. The number of nitrogens with zero attached hydrogens (tertiary/aromatic N) is 2. The van der Waals surface area contributed by atoms with Crippen molar-refractivity contribution in [2.75, 3.05) is 41.3 Å². The van der Waals surface area contributed by atoms with Gasteiger partial charge in [-0.05, 0) is 37.7 Å². The molecule has 0 aliphatic heterocycles. The number of thiophene rings is 1. The Kier molecular flexibility index (Phi) is 7.68. The molecule has 1 aromatic heterocycles. The molecule has 2 unspecified atom stereocenters. The molecule has 7 heteroatoms. The molecule has 2 aromatic carbocycles. The summed E-state index contributed by atoms with van der Waals surface area (Å²) in [7, 11) is 7.50. The van der Waals surface area contributed by atoms with Crippen LogP contribution in [0.1, 0.15) is 22.6 Å². The Morgan fingerprint density at radius 3 is 2.50 bits per heavy atom. The quantitative estimate of drug-likeness (QED) is 0.380. The second-order valence-electron chi connectivity index (χ2n) is 7.26. The molecular formula is C23H30N4O2S.